The van der Waals surface area contributed by atoms with Crippen LogP contribution in [0.2, 0.25) is 0 Å². The van der Waals surface area contributed by atoms with Crippen molar-refractivity contribution in [3.05, 3.63) is 173 Å². The lowest BCUT2D eigenvalue weighted by Gasteiger charge is -2.18. The number of hydrogen-bond donors (Lipinski definition) is 0. The highest BCUT2D eigenvalue weighted by Crippen LogP contribution is 2.52. The molecular formula is C45H35N3. The lowest BCUT2D eigenvalue weighted by Crippen LogP contribution is -2.06. The molecule has 0 fully saturated rings. The van der Waals surface area contributed by atoms with Crippen molar-refractivity contribution in [2.45, 2.75) is 32.6 Å². The summed E-state index contributed by atoms with van der Waals surface area (Å²) in [5.41, 5.74) is 14.7. The van der Waals surface area contributed by atoms with Gasteiger partial charge in [0.25, 0.3) is 0 Å². The van der Waals surface area contributed by atoms with Crippen molar-refractivity contribution in [2.75, 3.05) is 0 Å². The largest absolute Gasteiger partial charge is 0.293 e. The van der Waals surface area contributed by atoms with E-state index in [-0.39, 0.29) is 5.92 Å². The predicted octanol–water partition coefficient (Wildman–Crippen LogP) is 11.2. The third kappa shape index (κ3) is 4.50. The summed E-state index contributed by atoms with van der Waals surface area (Å²) in [5.74, 6) is 1.69. The smallest absolute Gasteiger partial charge is 0.162 e. The fourth-order valence-corrected chi connectivity index (χ4v) is 7.64. The molecule has 0 aliphatic heterocycles. The Morgan fingerprint density at radius 2 is 1.23 bits per heavy atom. The van der Waals surface area contributed by atoms with Crippen LogP contribution in [-0.2, 0) is 12.8 Å². The van der Waals surface area contributed by atoms with Gasteiger partial charge in [-0.05, 0) is 63.9 Å². The van der Waals surface area contributed by atoms with Gasteiger partial charge in [-0.25, -0.2) is 9.97 Å². The number of aryl methyl sites for hydroxylation is 2. The van der Waals surface area contributed by atoms with Gasteiger partial charge in [0.15, 0.2) is 5.82 Å². The molecule has 2 heterocycles. The van der Waals surface area contributed by atoms with E-state index in [9.17, 15) is 0 Å². The van der Waals surface area contributed by atoms with Gasteiger partial charge >= 0.3 is 0 Å². The molecule has 0 spiro atoms. The third-order valence-corrected chi connectivity index (χ3v) is 10.0. The molecule has 0 amide bonds. The molecule has 2 aromatic heterocycles. The number of rotatable bonds is 6. The van der Waals surface area contributed by atoms with Crippen molar-refractivity contribution < 1.29 is 0 Å². The number of hydrogen-bond acceptors (Lipinski definition) is 2. The first kappa shape index (κ1) is 28.4. The second-order valence-electron chi connectivity index (χ2n) is 12.7. The lowest BCUT2D eigenvalue weighted by atomic mass is 9.88. The van der Waals surface area contributed by atoms with Gasteiger partial charge in [0.05, 0.1) is 16.7 Å². The first-order valence-electron chi connectivity index (χ1n) is 17.0. The van der Waals surface area contributed by atoms with E-state index in [4.69, 9.17) is 9.97 Å². The SMILES string of the molecule is CCc1ccc2c(c1)-c1ccc3c4cc(CC)ccc4n(-c4cc(-c5ccccc5)nc(-c5ccccc5)n4)c3c1C2c1ccccc1. The van der Waals surface area contributed by atoms with Crippen LogP contribution < -0.4 is 0 Å². The first-order valence-corrected chi connectivity index (χ1v) is 17.0. The van der Waals surface area contributed by atoms with Crippen LogP contribution in [0.4, 0.5) is 0 Å². The van der Waals surface area contributed by atoms with Crippen LogP contribution >= 0.6 is 0 Å². The zero-order valence-electron chi connectivity index (χ0n) is 27.2. The maximum Gasteiger partial charge on any atom is 0.162 e. The summed E-state index contributed by atoms with van der Waals surface area (Å²) in [4.78, 5) is 10.5. The fraction of sp³-hybridized carbons (Fsp3) is 0.111. The Hall–Kier alpha value is -5.80. The molecular weight excluding hydrogens is 583 g/mol. The summed E-state index contributed by atoms with van der Waals surface area (Å²) in [7, 11) is 0. The Morgan fingerprint density at radius 1 is 0.562 bits per heavy atom. The molecule has 1 aliphatic rings. The van der Waals surface area contributed by atoms with Gasteiger partial charge in [-0.2, -0.15) is 0 Å². The van der Waals surface area contributed by atoms with Gasteiger partial charge < -0.3 is 0 Å². The second-order valence-corrected chi connectivity index (χ2v) is 12.7. The molecule has 48 heavy (non-hydrogen) atoms. The lowest BCUT2D eigenvalue weighted by molar-refractivity contribution is 0.993. The van der Waals surface area contributed by atoms with Crippen LogP contribution in [0.5, 0.6) is 0 Å². The van der Waals surface area contributed by atoms with Crippen LogP contribution in [0.3, 0.4) is 0 Å². The molecule has 0 radical (unpaired) electrons. The molecule has 0 bridgehead atoms. The van der Waals surface area contributed by atoms with E-state index >= 15 is 0 Å². The molecule has 1 unspecified atom stereocenters. The molecule has 3 heteroatoms. The maximum atomic E-state index is 5.37. The molecule has 0 N–H and O–H groups in total. The van der Waals surface area contributed by atoms with Crippen LogP contribution in [0.1, 0.15) is 47.6 Å². The minimum Gasteiger partial charge on any atom is -0.293 e. The van der Waals surface area contributed by atoms with E-state index in [0.717, 1.165) is 46.8 Å². The maximum absolute atomic E-state index is 5.37. The van der Waals surface area contributed by atoms with Crippen molar-refractivity contribution in [3.63, 3.8) is 0 Å². The van der Waals surface area contributed by atoms with Crippen LogP contribution in [-0.4, -0.2) is 14.5 Å². The molecule has 6 aromatic carbocycles. The molecule has 9 rings (SSSR count). The van der Waals surface area contributed by atoms with E-state index in [1.54, 1.807) is 0 Å². The van der Waals surface area contributed by atoms with Crippen molar-refractivity contribution in [3.8, 4) is 39.6 Å². The molecule has 8 aromatic rings. The highest BCUT2D eigenvalue weighted by molar-refractivity contribution is 6.13. The van der Waals surface area contributed by atoms with E-state index in [1.165, 1.54) is 55.2 Å². The average Bonchev–Trinajstić information content (AvgIpc) is 3.67. The molecule has 3 nitrogen and oxygen atoms in total. The quantitative estimate of drug-likeness (QED) is 0.186. The monoisotopic (exact) mass is 617 g/mol. The van der Waals surface area contributed by atoms with Gasteiger partial charge in [-0.15, -0.1) is 0 Å². The highest BCUT2D eigenvalue weighted by atomic mass is 15.1. The summed E-state index contributed by atoms with van der Waals surface area (Å²) in [6.07, 6.45) is 1.99. The predicted molar refractivity (Wildman–Crippen MR) is 199 cm³/mol. The summed E-state index contributed by atoms with van der Waals surface area (Å²) >= 11 is 0. The van der Waals surface area contributed by atoms with Crippen LogP contribution in [0.15, 0.2) is 146 Å². The van der Waals surface area contributed by atoms with Crippen molar-refractivity contribution in [2.24, 2.45) is 0 Å². The van der Waals surface area contributed by atoms with Crippen LogP contribution in [0, 0.1) is 0 Å². The average molecular weight is 618 g/mol. The molecule has 1 aliphatic carbocycles. The second kappa shape index (κ2) is 11.5. The zero-order valence-corrected chi connectivity index (χ0v) is 27.2. The Labute approximate surface area is 281 Å². The number of fused-ring (bicyclic) bond motifs is 7. The minimum atomic E-state index is 0.100. The normalized spacial score (nSPS) is 13.6. The van der Waals surface area contributed by atoms with Crippen LogP contribution in [0.25, 0.3) is 61.4 Å². The zero-order chi connectivity index (χ0) is 32.2. The topological polar surface area (TPSA) is 30.7 Å². The Balaban J connectivity index is 1.43. The van der Waals surface area contributed by atoms with E-state index in [2.05, 4.69) is 158 Å². The Bertz CT molecular complexity index is 2400. The van der Waals surface area contributed by atoms with Gasteiger partial charge in [0.2, 0.25) is 0 Å². The van der Waals surface area contributed by atoms with Gasteiger partial charge in [0, 0.05) is 33.9 Å². The van der Waals surface area contributed by atoms with E-state index in [0.29, 0.717) is 0 Å². The standard InChI is InChI=1S/C45H35N3/c1-3-29-20-22-34-37(26-29)35-23-24-36-38-27-30(4-2)21-25-40(38)48(44(36)43(35)42(34)32-16-10-6-11-17-32)41-28-39(31-14-8-5-9-15-31)46-45(47-41)33-18-12-7-13-19-33/h5-28,42H,3-4H2,1-2H3. The van der Waals surface area contributed by atoms with Gasteiger partial charge in [-0.1, -0.05) is 141 Å². The Morgan fingerprint density at radius 3 is 1.96 bits per heavy atom. The fourth-order valence-electron chi connectivity index (χ4n) is 7.64. The van der Waals surface area contributed by atoms with Gasteiger partial charge in [-0.3, -0.25) is 4.57 Å². The van der Waals surface area contributed by atoms with E-state index < -0.39 is 0 Å². The first-order chi connectivity index (χ1) is 23.7. The number of benzene rings is 6. The summed E-state index contributed by atoms with van der Waals surface area (Å²) in [6, 6.07) is 52.7. The number of nitrogens with zero attached hydrogens (tertiary/aromatic N) is 3. The van der Waals surface area contributed by atoms with Gasteiger partial charge in [0.1, 0.15) is 5.82 Å². The number of aromatic nitrogens is 3. The van der Waals surface area contributed by atoms with Crippen molar-refractivity contribution in [1.82, 2.24) is 14.5 Å². The molecule has 0 saturated heterocycles. The third-order valence-electron chi connectivity index (χ3n) is 10.0. The molecule has 230 valence electrons. The minimum absolute atomic E-state index is 0.100. The van der Waals surface area contributed by atoms with Crippen molar-refractivity contribution >= 4 is 21.8 Å². The summed E-state index contributed by atoms with van der Waals surface area (Å²) in [6.45, 7) is 4.47. The van der Waals surface area contributed by atoms with E-state index in [1.807, 2.05) is 6.07 Å². The molecule has 0 saturated carbocycles. The van der Waals surface area contributed by atoms with Crippen molar-refractivity contribution in [1.29, 1.82) is 0 Å². The highest BCUT2D eigenvalue weighted by Gasteiger charge is 2.34. The summed E-state index contributed by atoms with van der Waals surface area (Å²) in [5, 5.41) is 2.51. The molecule has 1 atom stereocenters. The summed E-state index contributed by atoms with van der Waals surface area (Å²) < 4.78 is 2.42. The Kier molecular flexibility index (Phi) is 6.79.